The Morgan fingerprint density at radius 2 is 1.68 bits per heavy atom. The van der Waals surface area contributed by atoms with Crippen LogP contribution in [0, 0.1) is 0 Å². The molecule has 3 fully saturated rings. The van der Waals surface area contributed by atoms with Gasteiger partial charge in [0.25, 0.3) is 14.4 Å². The van der Waals surface area contributed by atoms with E-state index in [9.17, 15) is 9.90 Å². The molecule has 0 spiro atoms. The van der Waals surface area contributed by atoms with Crippen molar-refractivity contribution in [2.24, 2.45) is 0 Å². The molecule has 2 N–H and O–H groups in total. The second kappa shape index (κ2) is 14.0. The number of hydrogen-bond donors (Lipinski definition) is 2. The van der Waals surface area contributed by atoms with E-state index in [2.05, 4.69) is 80.0 Å². The second-order valence-corrected chi connectivity index (χ2v) is 18.8. The molecule has 258 valence electrons. The summed E-state index contributed by atoms with van der Waals surface area (Å²) in [6.07, 6.45) is -0.255. The van der Waals surface area contributed by atoms with Gasteiger partial charge in [-0.1, -0.05) is 95.8 Å². The summed E-state index contributed by atoms with van der Waals surface area (Å²) in [6, 6.07) is 31.2. The van der Waals surface area contributed by atoms with Crippen LogP contribution in [0.1, 0.15) is 29.4 Å². The van der Waals surface area contributed by atoms with Crippen molar-refractivity contribution < 1.29 is 28.1 Å². The second-order valence-electron chi connectivity index (χ2n) is 13.2. The van der Waals surface area contributed by atoms with Crippen LogP contribution < -0.4 is 15.7 Å². The van der Waals surface area contributed by atoms with E-state index < -0.39 is 47.8 Å². The summed E-state index contributed by atoms with van der Waals surface area (Å²) < 4.78 is 39.7. The number of ether oxygens (including phenoxy) is 1. The monoisotopic (exact) mass is 712 g/mol. The third kappa shape index (κ3) is 6.06. The minimum atomic E-state index is -2.23. The first-order valence-electron chi connectivity index (χ1n) is 16.9. The summed E-state index contributed by atoms with van der Waals surface area (Å²) in [4.78, 5) is 25.8. The van der Waals surface area contributed by atoms with Crippen molar-refractivity contribution in [2.75, 3.05) is 18.5 Å². The number of aromatic nitrogens is 4. The number of aliphatic hydroxyl groups is 1. The molecule has 8 rings (SSSR count). The van der Waals surface area contributed by atoms with Gasteiger partial charge in [-0.3, -0.25) is 9.36 Å². The lowest BCUT2D eigenvalue weighted by Crippen LogP contribution is -2.58. The summed E-state index contributed by atoms with van der Waals surface area (Å²) in [6.45, 7) is 2.76. The molecular formula is C36H38FN6O5PSi. The molecule has 7 atom stereocenters. The fraction of sp³-hybridized carbons (Fsp3) is 0.333. The average molecular weight is 713 g/mol. The zero-order chi connectivity index (χ0) is 34.2. The molecule has 3 saturated heterocycles. The molecule has 3 aromatic carbocycles. The quantitative estimate of drug-likeness (QED) is 0.157. The smallest absolute Gasteiger partial charge is 0.259 e. The number of halogens is 1. The Hall–Kier alpha value is -3.94. The number of carbonyl (C=O) groups excluding carboxylic acids is 1. The Morgan fingerprint density at radius 3 is 2.36 bits per heavy atom. The predicted molar refractivity (Wildman–Crippen MR) is 191 cm³/mol. The first-order chi connectivity index (χ1) is 24.4. The van der Waals surface area contributed by atoms with Crippen molar-refractivity contribution in [1.29, 1.82) is 0 Å². The van der Waals surface area contributed by atoms with Crippen LogP contribution in [0.3, 0.4) is 0 Å². The summed E-state index contributed by atoms with van der Waals surface area (Å²) in [5.74, 6) is -0.166. The zero-order valence-corrected chi connectivity index (χ0v) is 29.4. The van der Waals surface area contributed by atoms with Crippen LogP contribution in [0.25, 0.3) is 11.2 Å². The van der Waals surface area contributed by atoms with Gasteiger partial charge in [-0.05, 0) is 31.0 Å². The lowest BCUT2D eigenvalue weighted by atomic mass is 10.1. The fourth-order valence-electron chi connectivity index (χ4n) is 7.47. The highest BCUT2D eigenvalue weighted by atomic mass is 31.2. The molecule has 2 aromatic heterocycles. The molecule has 3 aliphatic rings. The summed E-state index contributed by atoms with van der Waals surface area (Å²) in [5.41, 5.74) is 1.02. The molecule has 3 aliphatic heterocycles. The van der Waals surface area contributed by atoms with E-state index in [1.165, 1.54) is 27.6 Å². The maximum absolute atomic E-state index is 16.5. The number of carbonyl (C=O) groups is 1. The van der Waals surface area contributed by atoms with Crippen molar-refractivity contribution in [2.45, 2.75) is 62.2 Å². The standard InChI is InChI=1S/C36H38FN6O5PSi/c1-50(25-14-7-3-8-15-25,26-16-9-4-10-17-26)21-29-27-18-11-19-43(27)49(47-29)48-32-28(20-44)46-36(30(32)37)42-23-40-31-33(38-22-39-34(31)42)41-35(45)24-12-5-2-6-13-24/h2-10,12-17,22-23,27-30,32,36,44H,11,18-21H2,1H3,(H,38,39,41,45)/t27-,28-,29+,30+,32?,36-,49+/m1/s1. The largest absolute Gasteiger partial charge is 0.394 e. The molecule has 0 saturated carbocycles. The highest BCUT2D eigenvalue weighted by Gasteiger charge is 2.54. The number of anilines is 1. The Labute approximate surface area is 291 Å². The Bertz CT molecular complexity index is 1910. The number of amides is 1. The topological polar surface area (TPSA) is 124 Å². The maximum Gasteiger partial charge on any atom is 0.259 e. The van der Waals surface area contributed by atoms with E-state index in [-0.39, 0.29) is 35.0 Å². The number of nitrogens with one attached hydrogen (secondary N) is 1. The van der Waals surface area contributed by atoms with Gasteiger partial charge in [0.1, 0.15) is 26.6 Å². The third-order valence-electron chi connectivity index (χ3n) is 10.1. The highest BCUT2D eigenvalue weighted by Crippen LogP contribution is 2.59. The van der Waals surface area contributed by atoms with Crippen LogP contribution in [0.5, 0.6) is 0 Å². The van der Waals surface area contributed by atoms with Gasteiger partial charge in [0.15, 0.2) is 29.4 Å². The minimum absolute atomic E-state index is 0.0803. The minimum Gasteiger partial charge on any atom is -0.394 e. The van der Waals surface area contributed by atoms with E-state index in [0.29, 0.717) is 5.56 Å². The van der Waals surface area contributed by atoms with Gasteiger partial charge < -0.3 is 24.2 Å². The van der Waals surface area contributed by atoms with Gasteiger partial charge in [0.05, 0.1) is 19.0 Å². The predicted octanol–water partition coefficient (Wildman–Crippen LogP) is 4.67. The molecule has 0 radical (unpaired) electrons. The number of fused-ring (bicyclic) bond motifs is 2. The molecule has 1 amide bonds. The molecule has 11 nitrogen and oxygen atoms in total. The fourth-order valence-corrected chi connectivity index (χ4v) is 13.4. The van der Waals surface area contributed by atoms with Gasteiger partial charge in [0, 0.05) is 18.2 Å². The molecule has 1 unspecified atom stereocenters. The van der Waals surface area contributed by atoms with E-state index in [4.69, 9.17) is 13.8 Å². The van der Waals surface area contributed by atoms with Crippen molar-refractivity contribution >= 4 is 49.9 Å². The molecule has 14 heteroatoms. The normalized spacial score (nSPS) is 26.7. The van der Waals surface area contributed by atoms with Gasteiger partial charge >= 0.3 is 0 Å². The number of alkyl halides is 1. The summed E-state index contributed by atoms with van der Waals surface area (Å²) >= 11 is 0. The van der Waals surface area contributed by atoms with Crippen LogP contribution in [0.2, 0.25) is 12.6 Å². The average Bonchev–Trinajstić information content (AvgIpc) is 3.95. The highest BCUT2D eigenvalue weighted by molar-refractivity contribution is 7.45. The van der Waals surface area contributed by atoms with Gasteiger partial charge in [-0.2, -0.15) is 0 Å². The first kappa shape index (κ1) is 33.2. The van der Waals surface area contributed by atoms with Crippen LogP contribution >= 0.6 is 8.53 Å². The van der Waals surface area contributed by atoms with Gasteiger partial charge in [0.2, 0.25) is 0 Å². The number of imidazole rings is 1. The number of aliphatic hydroxyl groups excluding tert-OH is 1. The first-order valence-corrected chi connectivity index (χ1v) is 20.7. The summed E-state index contributed by atoms with van der Waals surface area (Å²) in [7, 11) is -3.83. The van der Waals surface area contributed by atoms with Crippen LogP contribution in [0.15, 0.2) is 104 Å². The Morgan fingerprint density at radius 1 is 1.00 bits per heavy atom. The van der Waals surface area contributed by atoms with E-state index >= 15 is 4.39 Å². The zero-order valence-electron chi connectivity index (χ0n) is 27.5. The third-order valence-corrected chi connectivity index (χ3v) is 16.4. The van der Waals surface area contributed by atoms with Crippen molar-refractivity contribution in [3.8, 4) is 0 Å². The lowest BCUT2D eigenvalue weighted by molar-refractivity contribution is -0.0439. The summed E-state index contributed by atoms with van der Waals surface area (Å²) in [5, 5.41) is 15.8. The number of hydrogen-bond acceptors (Lipinski definition) is 9. The van der Waals surface area contributed by atoms with Gasteiger partial charge in [-0.15, -0.1) is 0 Å². The molecule has 5 heterocycles. The Balaban J connectivity index is 1.02. The van der Waals surface area contributed by atoms with E-state index in [1.54, 1.807) is 24.3 Å². The van der Waals surface area contributed by atoms with Crippen molar-refractivity contribution in [3.63, 3.8) is 0 Å². The molecule has 5 aromatic rings. The number of nitrogens with zero attached hydrogens (tertiary/aromatic N) is 5. The lowest BCUT2D eigenvalue weighted by Gasteiger charge is -2.32. The van der Waals surface area contributed by atoms with E-state index in [1.807, 2.05) is 18.2 Å². The number of benzene rings is 3. The molecule has 0 bridgehead atoms. The van der Waals surface area contributed by atoms with Crippen molar-refractivity contribution in [1.82, 2.24) is 24.2 Å². The van der Waals surface area contributed by atoms with Gasteiger partial charge in [-0.25, -0.2) is 24.0 Å². The molecule has 50 heavy (non-hydrogen) atoms. The molecule has 0 aliphatic carbocycles. The SMILES string of the molecule is C[Si](C[C@@H]1O[P@@](OC2[C@@H](CO)O[C@@H](n3cnc4c(NC(=O)c5ccccc5)ncnc43)[C@H]2F)N2CCC[C@H]12)(c1ccccc1)c1ccccc1. The maximum atomic E-state index is 16.5. The number of rotatable bonds is 10. The molecular weight excluding hydrogens is 674 g/mol. The van der Waals surface area contributed by atoms with Crippen LogP contribution in [0.4, 0.5) is 10.2 Å². The van der Waals surface area contributed by atoms with Crippen LogP contribution in [-0.4, -0.2) is 87.0 Å². The van der Waals surface area contributed by atoms with E-state index in [0.717, 1.165) is 25.4 Å². The van der Waals surface area contributed by atoms with Crippen LogP contribution in [-0.2, 0) is 13.8 Å². The van der Waals surface area contributed by atoms with Crippen molar-refractivity contribution in [3.05, 3.63) is 109 Å². The Kier molecular flexibility index (Phi) is 9.30.